The van der Waals surface area contributed by atoms with Gasteiger partial charge in [-0.3, -0.25) is 5.43 Å². The molecule has 2 fully saturated rings. The summed E-state index contributed by atoms with van der Waals surface area (Å²) in [7, 11) is 0. The number of aliphatic imine (C=N–C) groups is 1. The first-order valence-electron chi connectivity index (χ1n) is 6.59. The van der Waals surface area contributed by atoms with Gasteiger partial charge >= 0.3 is 0 Å². The lowest BCUT2D eigenvalue weighted by molar-refractivity contribution is 0.487. The Morgan fingerprint density at radius 3 is 2.62 bits per heavy atom. The molecule has 0 heterocycles. The van der Waals surface area contributed by atoms with Gasteiger partial charge in [0.2, 0.25) is 5.96 Å². The number of nitrogens with two attached hydrogens (primary N) is 1. The summed E-state index contributed by atoms with van der Waals surface area (Å²) < 4.78 is 0. The highest BCUT2D eigenvalue weighted by molar-refractivity contribution is 5.79. The van der Waals surface area contributed by atoms with Crippen LogP contribution in [0.5, 0.6) is 0 Å². The molecule has 0 bridgehead atoms. The number of nitrogens with zero attached hydrogens (tertiary/aromatic N) is 1. The van der Waals surface area contributed by atoms with Crippen LogP contribution in [-0.2, 0) is 0 Å². The van der Waals surface area contributed by atoms with Crippen LogP contribution in [0.25, 0.3) is 0 Å². The fourth-order valence-electron chi connectivity index (χ4n) is 2.33. The molecule has 0 radical (unpaired) electrons. The van der Waals surface area contributed by atoms with Gasteiger partial charge in [-0.2, -0.15) is 0 Å². The Morgan fingerprint density at radius 1 is 1.12 bits per heavy atom. The molecule has 0 aromatic carbocycles. The molecule has 16 heavy (non-hydrogen) atoms. The second-order valence-corrected chi connectivity index (χ2v) is 5.31. The lowest BCUT2D eigenvalue weighted by atomic mass is 10.0. The van der Waals surface area contributed by atoms with Crippen molar-refractivity contribution in [2.24, 2.45) is 16.8 Å². The van der Waals surface area contributed by atoms with Crippen LogP contribution in [-0.4, -0.2) is 18.0 Å². The second-order valence-electron chi connectivity index (χ2n) is 5.31. The van der Waals surface area contributed by atoms with Crippen LogP contribution in [0, 0.1) is 5.92 Å². The Hall–Kier alpha value is -0.770. The fourth-order valence-corrected chi connectivity index (χ4v) is 2.33. The first-order valence-corrected chi connectivity index (χ1v) is 6.59. The van der Waals surface area contributed by atoms with Crippen molar-refractivity contribution in [1.82, 2.24) is 10.7 Å². The zero-order chi connectivity index (χ0) is 11.4. The van der Waals surface area contributed by atoms with Gasteiger partial charge in [0.15, 0.2) is 0 Å². The Labute approximate surface area is 98.0 Å². The van der Waals surface area contributed by atoms with Crippen LogP contribution in [0.4, 0.5) is 0 Å². The minimum atomic E-state index is 0.517. The van der Waals surface area contributed by atoms with Crippen LogP contribution in [0.3, 0.4) is 0 Å². The van der Waals surface area contributed by atoms with Crippen molar-refractivity contribution in [2.75, 3.05) is 0 Å². The highest BCUT2D eigenvalue weighted by Gasteiger charge is 2.22. The average Bonchev–Trinajstić information content (AvgIpc) is 3.08. The Kier molecular flexibility index (Phi) is 4.04. The maximum atomic E-state index is 5.49. The Bertz CT molecular complexity index is 247. The molecule has 0 aromatic heterocycles. The van der Waals surface area contributed by atoms with E-state index in [1.165, 1.54) is 44.9 Å². The highest BCUT2D eigenvalue weighted by atomic mass is 15.3. The van der Waals surface area contributed by atoms with Crippen molar-refractivity contribution in [1.29, 1.82) is 0 Å². The summed E-state index contributed by atoms with van der Waals surface area (Å²) in [6.07, 6.45) is 8.92. The number of hydrogen-bond donors (Lipinski definition) is 3. The summed E-state index contributed by atoms with van der Waals surface area (Å²) in [5.74, 6) is 7.16. The molecule has 0 aliphatic heterocycles. The van der Waals surface area contributed by atoms with E-state index in [4.69, 9.17) is 5.84 Å². The minimum Gasteiger partial charge on any atom is -0.353 e. The van der Waals surface area contributed by atoms with Gasteiger partial charge in [0.25, 0.3) is 0 Å². The molecule has 4 heteroatoms. The lowest BCUT2D eigenvalue weighted by Gasteiger charge is -2.18. The van der Waals surface area contributed by atoms with Gasteiger partial charge in [0.1, 0.15) is 0 Å². The van der Waals surface area contributed by atoms with Gasteiger partial charge in [-0.05, 0) is 38.0 Å². The van der Waals surface area contributed by atoms with Crippen LogP contribution in [0.1, 0.15) is 51.9 Å². The van der Waals surface area contributed by atoms with Gasteiger partial charge in [-0.15, -0.1) is 0 Å². The highest BCUT2D eigenvalue weighted by Crippen LogP contribution is 2.24. The molecule has 4 N–H and O–H groups in total. The molecule has 2 aliphatic rings. The fraction of sp³-hybridized carbons (Fsp3) is 0.917. The van der Waals surface area contributed by atoms with Gasteiger partial charge in [0, 0.05) is 6.04 Å². The molecule has 0 aromatic rings. The van der Waals surface area contributed by atoms with Crippen molar-refractivity contribution in [3.63, 3.8) is 0 Å². The molecular formula is C12H24N4. The Balaban J connectivity index is 1.82. The molecule has 92 valence electrons. The average molecular weight is 224 g/mol. The van der Waals surface area contributed by atoms with E-state index >= 15 is 0 Å². The Morgan fingerprint density at radius 2 is 1.94 bits per heavy atom. The number of rotatable bonds is 2. The van der Waals surface area contributed by atoms with Crippen LogP contribution in [0.2, 0.25) is 0 Å². The van der Waals surface area contributed by atoms with Crippen LogP contribution < -0.4 is 16.6 Å². The smallest absolute Gasteiger partial charge is 0.206 e. The molecule has 2 unspecified atom stereocenters. The molecule has 2 atom stereocenters. The van der Waals surface area contributed by atoms with Crippen molar-refractivity contribution in [3.8, 4) is 0 Å². The number of nitrogens with one attached hydrogen (secondary N) is 2. The van der Waals surface area contributed by atoms with Crippen molar-refractivity contribution in [3.05, 3.63) is 0 Å². The van der Waals surface area contributed by atoms with E-state index < -0.39 is 0 Å². The molecule has 4 nitrogen and oxygen atoms in total. The molecule has 2 saturated carbocycles. The number of guanidine groups is 1. The largest absolute Gasteiger partial charge is 0.353 e. The number of hydrogen-bond acceptors (Lipinski definition) is 2. The summed E-state index contributed by atoms with van der Waals surface area (Å²) in [5.41, 5.74) is 2.69. The van der Waals surface area contributed by atoms with E-state index in [0.717, 1.165) is 11.9 Å². The lowest BCUT2D eigenvalue weighted by Crippen LogP contribution is -2.46. The van der Waals surface area contributed by atoms with Gasteiger partial charge in [-0.25, -0.2) is 10.8 Å². The maximum Gasteiger partial charge on any atom is 0.206 e. The van der Waals surface area contributed by atoms with Gasteiger partial charge in [0.05, 0.1) is 6.04 Å². The van der Waals surface area contributed by atoms with Crippen LogP contribution >= 0.6 is 0 Å². The zero-order valence-electron chi connectivity index (χ0n) is 10.2. The molecule has 0 saturated heterocycles. The van der Waals surface area contributed by atoms with E-state index in [1.54, 1.807) is 0 Å². The minimum absolute atomic E-state index is 0.517. The first kappa shape index (κ1) is 11.7. The molecule has 0 amide bonds. The monoisotopic (exact) mass is 224 g/mol. The third-order valence-corrected chi connectivity index (χ3v) is 3.59. The summed E-state index contributed by atoms with van der Waals surface area (Å²) >= 11 is 0. The summed E-state index contributed by atoms with van der Waals surface area (Å²) in [6, 6.07) is 1.07. The number of hydrazine groups is 1. The predicted octanol–water partition coefficient (Wildman–Crippen LogP) is 1.53. The second kappa shape index (κ2) is 5.53. The summed E-state index contributed by atoms with van der Waals surface area (Å²) in [4.78, 5) is 4.52. The maximum absolute atomic E-state index is 5.49. The standard InChI is InChI=1S/C12H24N4/c1-9-3-2-4-10(6-5-9)14-12(16-13)15-11-7-8-11/h9-11H,2-8,13H2,1H3,(H2,14,15,16). The molecule has 0 spiro atoms. The van der Waals surface area contributed by atoms with Crippen LogP contribution in [0.15, 0.2) is 4.99 Å². The predicted molar refractivity (Wildman–Crippen MR) is 67.0 cm³/mol. The summed E-state index contributed by atoms with van der Waals surface area (Å²) in [5, 5.41) is 3.45. The normalized spacial score (nSPS) is 32.0. The molecule has 2 aliphatic carbocycles. The zero-order valence-corrected chi connectivity index (χ0v) is 10.2. The van der Waals surface area contributed by atoms with Crippen molar-refractivity contribution in [2.45, 2.75) is 64.0 Å². The first-order chi connectivity index (χ1) is 7.78. The topological polar surface area (TPSA) is 62.4 Å². The molecular weight excluding hydrogens is 200 g/mol. The SMILES string of the molecule is CC1CCCC(NC(=NC2CC2)NN)CC1. The van der Waals surface area contributed by atoms with Crippen molar-refractivity contribution >= 4 is 5.96 Å². The third kappa shape index (κ3) is 3.67. The van der Waals surface area contributed by atoms with E-state index in [2.05, 4.69) is 22.7 Å². The van der Waals surface area contributed by atoms with E-state index in [0.29, 0.717) is 12.1 Å². The summed E-state index contributed by atoms with van der Waals surface area (Å²) in [6.45, 7) is 2.35. The van der Waals surface area contributed by atoms with E-state index in [1.807, 2.05) is 0 Å². The quantitative estimate of drug-likeness (QED) is 0.219. The van der Waals surface area contributed by atoms with E-state index in [9.17, 15) is 0 Å². The van der Waals surface area contributed by atoms with E-state index in [-0.39, 0.29) is 0 Å². The molecule has 2 rings (SSSR count). The van der Waals surface area contributed by atoms with Gasteiger partial charge < -0.3 is 5.32 Å². The van der Waals surface area contributed by atoms with Gasteiger partial charge in [-0.1, -0.05) is 19.8 Å². The third-order valence-electron chi connectivity index (χ3n) is 3.59. The van der Waals surface area contributed by atoms with Crippen molar-refractivity contribution < 1.29 is 0 Å².